The molecule has 1 aromatic carbocycles. The number of nitrogens with zero attached hydrogens (tertiary/aromatic N) is 1. The van der Waals surface area contributed by atoms with Crippen molar-refractivity contribution < 1.29 is 12.8 Å². The highest BCUT2D eigenvalue weighted by Crippen LogP contribution is 2.23. The van der Waals surface area contributed by atoms with Crippen LogP contribution in [-0.4, -0.2) is 39.0 Å². The summed E-state index contributed by atoms with van der Waals surface area (Å²) in [4.78, 5) is 2.05. The number of hydrogen-bond donors (Lipinski definition) is 2. The van der Waals surface area contributed by atoms with E-state index in [2.05, 4.69) is 24.2 Å². The Morgan fingerprint density at radius 2 is 2.15 bits per heavy atom. The molecule has 2 rings (SSSR count). The molecule has 0 aromatic heterocycles. The van der Waals surface area contributed by atoms with Crippen molar-refractivity contribution in [3.8, 4) is 0 Å². The minimum Gasteiger partial charge on any atom is -0.380 e. The van der Waals surface area contributed by atoms with E-state index in [1.807, 2.05) is 0 Å². The zero-order valence-corrected chi connectivity index (χ0v) is 12.5. The van der Waals surface area contributed by atoms with E-state index in [1.165, 1.54) is 12.1 Å². The lowest BCUT2D eigenvalue weighted by Gasteiger charge is -2.35. The molecule has 1 aliphatic rings. The summed E-state index contributed by atoms with van der Waals surface area (Å²) >= 11 is 0. The topological polar surface area (TPSA) is 75.4 Å². The van der Waals surface area contributed by atoms with Crippen LogP contribution in [0, 0.1) is 5.82 Å². The summed E-state index contributed by atoms with van der Waals surface area (Å²) in [6, 6.07) is 4.33. The number of halogens is 1. The lowest BCUT2D eigenvalue weighted by Crippen LogP contribution is -2.42. The first-order valence-corrected chi connectivity index (χ1v) is 8.11. The van der Waals surface area contributed by atoms with Gasteiger partial charge < -0.3 is 10.2 Å². The second kappa shape index (κ2) is 5.67. The van der Waals surface area contributed by atoms with Gasteiger partial charge in [-0.15, -0.1) is 0 Å². The van der Waals surface area contributed by atoms with Gasteiger partial charge in [-0.3, -0.25) is 0 Å². The second-order valence-corrected chi connectivity index (χ2v) is 6.94. The first-order chi connectivity index (χ1) is 9.27. The molecule has 2 atom stereocenters. The summed E-state index contributed by atoms with van der Waals surface area (Å²) in [6.07, 6.45) is 1.85. The fourth-order valence-corrected chi connectivity index (χ4v) is 2.96. The van der Waals surface area contributed by atoms with Gasteiger partial charge in [0, 0.05) is 18.6 Å². The quantitative estimate of drug-likeness (QED) is 0.884. The van der Waals surface area contributed by atoms with Crippen LogP contribution in [0.4, 0.5) is 10.1 Å². The predicted octanol–water partition coefficient (Wildman–Crippen LogP) is 1.37. The first-order valence-electron chi connectivity index (χ1n) is 6.56. The highest BCUT2D eigenvalue weighted by Gasteiger charge is 2.23. The predicted molar refractivity (Wildman–Crippen MR) is 76.5 cm³/mol. The van der Waals surface area contributed by atoms with Crippen LogP contribution >= 0.6 is 0 Å². The number of rotatable bonds is 3. The number of nitrogens with two attached hydrogens (primary N) is 1. The van der Waals surface area contributed by atoms with E-state index in [4.69, 9.17) is 5.14 Å². The van der Waals surface area contributed by atoms with E-state index in [-0.39, 0.29) is 10.9 Å². The molecule has 20 heavy (non-hydrogen) atoms. The average molecular weight is 301 g/mol. The van der Waals surface area contributed by atoms with Gasteiger partial charge >= 0.3 is 0 Å². The normalized spacial score (nSPS) is 24.6. The maximum absolute atomic E-state index is 13.9. The van der Waals surface area contributed by atoms with Crippen molar-refractivity contribution in [2.45, 2.75) is 36.7 Å². The Balaban J connectivity index is 2.11. The molecule has 1 aromatic rings. The maximum Gasteiger partial charge on any atom is 0.238 e. The minimum atomic E-state index is -3.87. The maximum atomic E-state index is 13.9. The lowest BCUT2D eigenvalue weighted by molar-refractivity contribution is 0.190. The van der Waals surface area contributed by atoms with Crippen LogP contribution in [0.2, 0.25) is 0 Å². The van der Waals surface area contributed by atoms with Crippen molar-refractivity contribution in [2.24, 2.45) is 5.14 Å². The molecule has 1 saturated heterocycles. The third-order valence-corrected chi connectivity index (χ3v) is 4.75. The van der Waals surface area contributed by atoms with E-state index >= 15 is 0 Å². The van der Waals surface area contributed by atoms with Gasteiger partial charge in [-0.1, -0.05) is 0 Å². The molecule has 0 aliphatic carbocycles. The van der Waals surface area contributed by atoms with Crippen LogP contribution in [0.5, 0.6) is 0 Å². The van der Waals surface area contributed by atoms with Crippen LogP contribution in [0.1, 0.15) is 19.8 Å². The standard InChI is InChI=1S/C13H20FN3O2S/c1-9-7-10(5-6-17(9)2)16-13-4-3-11(8-12(13)14)20(15,18)19/h3-4,8-10,16H,5-7H2,1-2H3,(H2,15,18,19). The molecule has 7 heteroatoms. The van der Waals surface area contributed by atoms with Crippen LogP contribution in [-0.2, 0) is 10.0 Å². The Hall–Kier alpha value is -1.18. The summed E-state index contributed by atoms with van der Waals surface area (Å²) in [5.74, 6) is -0.594. The molecule has 5 nitrogen and oxygen atoms in total. The summed E-state index contributed by atoms with van der Waals surface area (Å²) in [5, 5.41) is 8.11. The largest absolute Gasteiger partial charge is 0.380 e. The fraction of sp³-hybridized carbons (Fsp3) is 0.538. The van der Waals surface area contributed by atoms with Gasteiger partial charge in [0.05, 0.1) is 10.6 Å². The van der Waals surface area contributed by atoms with Crippen molar-refractivity contribution in [3.63, 3.8) is 0 Å². The SMILES string of the molecule is CC1CC(Nc2ccc(S(N)(=O)=O)cc2F)CCN1C. The van der Waals surface area contributed by atoms with Gasteiger partial charge in [0.1, 0.15) is 5.82 Å². The molecule has 3 N–H and O–H groups in total. The number of hydrogen-bond acceptors (Lipinski definition) is 4. The fourth-order valence-electron chi connectivity index (χ4n) is 2.43. The number of sulfonamides is 1. The molecule has 1 fully saturated rings. The van der Waals surface area contributed by atoms with E-state index in [9.17, 15) is 12.8 Å². The van der Waals surface area contributed by atoms with Crippen molar-refractivity contribution in [3.05, 3.63) is 24.0 Å². The second-order valence-electron chi connectivity index (χ2n) is 5.38. The van der Waals surface area contributed by atoms with Crippen LogP contribution < -0.4 is 10.5 Å². The van der Waals surface area contributed by atoms with Gasteiger partial charge in [0.25, 0.3) is 0 Å². The van der Waals surface area contributed by atoms with Crippen molar-refractivity contribution >= 4 is 15.7 Å². The van der Waals surface area contributed by atoms with Crippen molar-refractivity contribution in [1.82, 2.24) is 4.90 Å². The zero-order chi connectivity index (χ0) is 14.9. The van der Waals surface area contributed by atoms with E-state index in [1.54, 1.807) is 0 Å². The Morgan fingerprint density at radius 1 is 1.45 bits per heavy atom. The minimum absolute atomic E-state index is 0.191. The van der Waals surface area contributed by atoms with E-state index in [0.29, 0.717) is 11.7 Å². The Labute approximate surface area is 119 Å². The summed E-state index contributed by atoms with van der Waals surface area (Å²) in [7, 11) is -1.79. The molecule has 1 heterocycles. The van der Waals surface area contributed by atoms with E-state index < -0.39 is 15.8 Å². The van der Waals surface area contributed by atoms with Gasteiger partial charge in [-0.25, -0.2) is 17.9 Å². The van der Waals surface area contributed by atoms with Crippen LogP contribution in [0.25, 0.3) is 0 Å². The molecule has 2 unspecified atom stereocenters. The summed E-state index contributed by atoms with van der Waals surface area (Å²) < 4.78 is 36.2. The van der Waals surface area contributed by atoms with Crippen molar-refractivity contribution in [1.29, 1.82) is 0 Å². The molecule has 0 radical (unpaired) electrons. The average Bonchev–Trinajstić information content (AvgIpc) is 2.35. The monoisotopic (exact) mass is 301 g/mol. The van der Waals surface area contributed by atoms with Crippen molar-refractivity contribution in [2.75, 3.05) is 18.9 Å². The Morgan fingerprint density at radius 3 is 2.70 bits per heavy atom. The zero-order valence-electron chi connectivity index (χ0n) is 11.6. The third kappa shape index (κ3) is 3.47. The summed E-state index contributed by atoms with van der Waals surface area (Å²) in [6.45, 7) is 3.09. The van der Waals surface area contributed by atoms with Gasteiger partial charge in [-0.2, -0.15) is 0 Å². The summed E-state index contributed by atoms with van der Waals surface area (Å²) in [5.41, 5.74) is 0.319. The third-order valence-electron chi connectivity index (χ3n) is 3.84. The van der Waals surface area contributed by atoms with Crippen LogP contribution in [0.15, 0.2) is 23.1 Å². The molecule has 0 saturated carbocycles. The Bertz CT molecular complexity index is 591. The van der Waals surface area contributed by atoms with Gasteiger partial charge in [0.2, 0.25) is 10.0 Å². The molecule has 0 bridgehead atoms. The lowest BCUT2D eigenvalue weighted by atomic mass is 9.98. The molecule has 112 valence electrons. The highest BCUT2D eigenvalue weighted by atomic mass is 32.2. The molecule has 1 aliphatic heterocycles. The van der Waals surface area contributed by atoms with Crippen LogP contribution in [0.3, 0.4) is 0 Å². The number of benzene rings is 1. The van der Waals surface area contributed by atoms with Gasteiger partial charge in [0.15, 0.2) is 0 Å². The van der Waals surface area contributed by atoms with E-state index in [0.717, 1.165) is 25.5 Å². The highest BCUT2D eigenvalue weighted by molar-refractivity contribution is 7.89. The number of primary sulfonamides is 1. The van der Waals surface area contributed by atoms with Gasteiger partial charge in [-0.05, 0) is 45.0 Å². The number of anilines is 1. The smallest absolute Gasteiger partial charge is 0.238 e. The number of nitrogens with one attached hydrogen (secondary N) is 1. The first kappa shape index (κ1) is 15.2. The number of likely N-dealkylation sites (tertiary alicyclic amines) is 1. The Kier molecular flexibility index (Phi) is 4.31. The molecule has 0 amide bonds. The number of piperidine rings is 1. The molecular formula is C13H20FN3O2S. The molecular weight excluding hydrogens is 281 g/mol. The molecule has 0 spiro atoms.